The van der Waals surface area contributed by atoms with Gasteiger partial charge < -0.3 is 5.32 Å². The summed E-state index contributed by atoms with van der Waals surface area (Å²) in [6, 6.07) is 0. The molecule has 1 aliphatic rings. The number of amides is 1. The summed E-state index contributed by atoms with van der Waals surface area (Å²) in [6.07, 6.45) is 5.03. The topological polar surface area (TPSA) is 67.8 Å². The summed E-state index contributed by atoms with van der Waals surface area (Å²) in [5.41, 5.74) is 2.32. The molecule has 4 rings (SSSR count). The molecule has 8 heteroatoms. The van der Waals surface area contributed by atoms with Crippen LogP contribution in [0, 0.1) is 12.8 Å². The van der Waals surface area contributed by atoms with Crippen LogP contribution >= 0.6 is 34.4 Å². The van der Waals surface area contributed by atoms with E-state index in [1.165, 1.54) is 40.0 Å². The lowest BCUT2D eigenvalue weighted by Crippen LogP contribution is -2.14. The van der Waals surface area contributed by atoms with Gasteiger partial charge in [-0.25, -0.2) is 15.0 Å². The quantitative estimate of drug-likeness (QED) is 0.531. The van der Waals surface area contributed by atoms with E-state index in [4.69, 9.17) is 0 Å². The highest BCUT2D eigenvalue weighted by atomic mass is 32.2. The molecule has 3 heterocycles. The molecule has 0 aromatic carbocycles. The van der Waals surface area contributed by atoms with Crippen molar-refractivity contribution in [1.82, 2.24) is 15.0 Å². The molecule has 3 aromatic rings. The van der Waals surface area contributed by atoms with Crippen molar-refractivity contribution in [1.29, 1.82) is 0 Å². The van der Waals surface area contributed by atoms with E-state index in [0.717, 1.165) is 39.7 Å². The van der Waals surface area contributed by atoms with Crippen LogP contribution < -0.4 is 5.32 Å². The minimum atomic E-state index is -0.0520. The molecular formula is C17H18N4OS3. The third-order valence-electron chi connectivity index (χ3n) is 4.26. The number of rotatable bonds is 4. The zero-order valence-electron chi connectivity index (χ0n) is 14.0. The summed E-state index contributed by atoms with van der Waals surface area (Å²) in [5.74, 6) is 1.01. The fraction of sp³-hybridized carbons (Fsp3) is 0.412. The number of nitrogens with one attached hydrogen (secondary N) is 1. The SMILES string of the molecule is Cc1csc(NC(=O)CSc2ncnc3sc4c(c23)CCC(C)C4)n1. The Balaban J connectivity index is 1.52. The number of thiazole rings is 1. The summed E-state index contributed by atoms with van der Waals surface area (Å²) < 4.78 is 0. The van der Waals surface area contributed by atoms with Crippen LogP contribution in [0.25, 0.3) is 10.2 Å². The van der Waals surface area contributed by atoms with Crippen LogP contribution in [0.4, 0.5) is 5.13 Å². The van der Waals surface area contributed by atoms with E-state index < -0.39 is 0 Å². The number of aromatic nitrogens is 3. The molecule has 0 spiro atoms. The summed E-state index contributed by atoms with van der Waals surface area (Å²) in [5, 5.41) is 7.51. The minimum Gasteiger partial charge on any atom is -0.301 e. The van der Waals surface area contributed by atoms with Crippen LogP contribution in [0.3, 0.4) is 0 Å². The summed E-state index contributed by atoms with van der Waals surface area (Å²) in [6.45, 7) is 4.22. The Bertz CT molecular complexity index is 933. The highest BCUT2D eigenvalue weighted by Crippen LogP contribution is 2.40. The zero-order valence-corrected chi connectivity index (χ0v) is 16.5. The van der Waals surface area contributed by atoms with Crippen molar-refractivity contribution in [2.24, 2.45) is 5.92 Å². The van der Waals surface area contributed by atoms with Crippen LogP contribution in [-0.2, 0) is 17.6 Å². The number of nitrogens with zero attached hydrogens (tertiary/aromatic N) is 3. The molecule has 0 saturated carbocycles. The van der Waals surface area contributed by atoms with Gasteiger partial charge in [0.15, 0.2) is 5.13 Å². The molecule has 0 saturated heterocycles. The van der Waals surface area contributed by atoms with Gasteiger partial charge in [-0.2, -0.15) is 0 Å². The van der Waals surface area contributed by atoms with Crippen LogP contribution in [0.1, 0.15) is 29.5 Å². The van der Waals surface area contributed by atoms with Gasteiger partial charge in [0.05, 0.1) is 11.4 Å². The van der Waals surface area contributed by atoms with E-state index >= 15 is 0 Å². The number of anilines is 1. The number of hydrogen-bond donors (Lipinski definition) is 1. The number of carbonyl (C=O) groups excluding carboxylic acids is 1. The van der Waals surface area contributed by atoms with E-state index in [1.807, 2.05) is 12.3 Å². The number of fused-ring (bicyclic) bond motifs is 3. The van der Waals surface area contributed by atoms with Crippen molar-refractivity contribution in [2.45, 2.75) is 38.1 Å². The maximum atomic E-state index is 12.2. The highest BCUT2D eigenvalue weighted by molar-refractivity contribution is 8.00. The highest BCUT2D eigenvalue weighted by Gasteiger charge is 2.23. The number of aryl methyl sites for hydroxylation is 2. The van der Waals surface area contributed by atoms with Crippen molar-refractivity contribution < 1.29 is 4.79 Å². The Morgan fingerprint density at radius 2 is 2.32 bits per heavy atom. The van der Waals surface area contributed by atoms with Crippen molar-refractivity contribution in [3.05, 3.63) is 27.8 Å². The van der Waals surface area contributed by atoms with E-state index in [1.54, 1.807) is 17.7 Å². The molecule has 1 unspecified atom stereocenters. The molecule has 1 amide bonds. The van der Waals surface area contributed by atoms with Gasteiger partial charge in [-0.1, -0.05) is 18.7 Å². The van der Waals surface area contributed by atoms with Gasteiger partial charge in [-0.3, -0.25) is 4.79 Å². The molecule has 25 heavy (non-hydrogen) atoms. The number of carbonyl (C=O) groups is 1. The van der Waals surface area contributed by atoms with Gasteiger partial charge in [0.2, 0.25) is 5.91 Å². The predicted molar refractivity (Wildman–Crippen MR) is 105 cm³/mol. The lowest BCUT2D eigenvalue weighted by molar-refractivity contribution is -0.113. The maximum Gasteiger partial charge on any atom is 0.236 e. The van der Waals surface area contributed by atoms with Crippen molar-refractivity contribution in [3.63, 3.8) is 0 Å². The maximum absolute atomic E-state index is 12.2. The summed E-state index contributed by atoms with van der Waals surface area (Å²) >= 11 is 4.71. The van der Waals surface area contributed by atoms with Crippen molar-refractivity contribution >= 4 is 55.7 Å². The summed E-state index contributed by atoms with van der Waals surface area (Å²) in [7, 11) is 0. The average Bonchev–Trinajstić information content (AvgIpc) is 3.15. The normalized spacial score (nSPS) is 16.8. The fourth-order valence-electron chi connectivity index (χ4n) is 3.06. The molecule has 5 nitrogen and oxygen atoms in total. The average molecular weight is 391 g/mol. The van der Waals surface area contributed by atoms with E-state index in [0.29, 0.717) is 10.9 Å². The molecule has 0 fully saturated rings. The Labute approximate surface area is 158 Å². The number of thioether (sulfide) groups is 1. The standard InChI is InChI=1S/C17H18N4OS3/c1-9-3-4-11-12(5-9)25-16-14(11)15(18-8-19-16)23-7-13(22)21-17-20-10(2)6-24-17/h6,8-9H,3-5,7H2,1-2H3,(H,20,21,22). The third kappa shape index (κ3) is 3.56. The van der Waals surface area contributed by atoms with Gasteiger partial charge in [0.25, 0.3) is 0 Å². The lowest BCUT2D eigenvalue weighted by atomic mass is 9.89. The molecule has 1 atom stereocenters. The fourth-order valence-corrected chi connectivity index (χ4v) is 6.00. The molecule has 1 N–H and O–H groups in total. The van der Waals surface area contributed by atoms with Crippen molar-refractivity contribution in [3.8, 4) is 0 Å². The van der Waals surface area contributed by atoms with E-state index in [2.05, 4.69) is 27.2 Å². The first-order chi connectivity index (χ1) is 12.1. The zero-order chi connectivity index (χ0) is 17.4. The van der Waals surface area contributed by atoms with Gasteiger partial charge >= 0.3 is 0 Å². The molecule has 0 aliphatic heterocycles. The molecule has 0 radical (unpaired) electrons. The van der Waals surface area contributed by atoms with Crippen LogP contribution in [0.5, 0.6) is 0 Å². The first kappa shape index (κ1) is 16.9. The molecule has 0 bridgehead atoms. The lowest BCUT2D eigenvalue weighted by Gasteiger charge is -2.18. The van der Waals surface area contributed by atoms with Gasteiger partial charge in [-0.05, 0) is 37.7 Å². The largest absolute Gasteiger partial charge is 0.301 e. The van der Waals surface area contributed by atoms with Crippen LogP contribution in [0.2, 0.25) is 0 Å². The molecule has 3 aromatic heterocycles. The van der Waals surface area contributed by atoms with Crippen LogP contribution in [-0.4, -0.2) is 26.6 Å². The Kier molecular flexibility index (Phi) is 4.75. The van der Waals surface area contributed by atoms with Crippen LogP contribution in [0.15, 0.2) is 16.7 Å². The molecular weight excluding hydrogens is 372 g/mol. The number of hydrogen-bond acceptors (Lipinski definition) is 7. The first-order valence-corrected chi connectivity index (χ1v) is 10.9. The number of thiophene rings is 1. The Morgan fingerprint density at radius 3 is 3.12 bits per heavy atom. The van der Waals surface area contributed by atoms with Gasteiger partial charge in [-0.15, -0.1) is 22.7 Å². The monoisotopic (exact) mass is 390 g/mol. The van der Waals surface area contributed by atoms with E-state index in [-0.39, 0.29) is 5.91 Å². The van der Waals surface area contributed by atoms with Crippen molar-refractivity contribution in [2.75, 3.05) is 11.1 Å². The third-order valence-corrected chi connectivity index (χ3v) is 7.29. The van der Waals surface area contributed by atoms with Gasteiger partial charge in [0.1, 0.15) is 16.2 Å². The Morgan fingerprint density at radius 1 is 1.44 bits per heavy atom. The first-order valence-electron chi connectivity index (χ1n) is 8.20. The minimum absolute atomic E-state index is 0.0520. The summed E-state index contributed by atoms with van der Waals surface area (Å²) in [4.78, 5) is 27.9. The second-order valence-electron chi connectivity index (χ2n) is 6.34. The second kappa shape index (κ2) is 7.01. The molecule has 1 aliphatic carbocycles. The van der Waals surface area contributed by atoms with Gasteiger partial charge in [0, 0.05) is 15.6 Å². The smallest absolute Gasteiger partial charge is 0.236 e. The Hall–Kier alpha value is -1.51. The molecule has 130 valence electrons. The van der Waals surface area contributed by atoms with E-state index in [9.17, 15) is 4.79 Å². The predicted octanol–water partition coefficient (Wildman–Crippen LogP) is 4.31. The second-order valence-corrected chi connectivity index (χ2v) is 9.25.